The third kappa shape index (κ3) is 1.99. The zero-order chi connectivity index (χ0) is 7.23. The van der Waals surface area contributed by atoms with Gasteiger partial charge < -0.3 is 5.32 Å². The SMILES string of the molecule is CNCC=Cc1ncn[nH]1. The van der Waals surface area contributed by atoms with E-state index in [9.17, 15) is 0 Å². The predicted molar refractivity (Wildman–Crippen MR) is 39.3 cm³/mol. The number of hydrogen-bond donors (Lipinski definition) is 2. The van der Waals surface area contributed by atoms with E-state index in [2.05, 4.69) is 20.5 Å². The molecule has 1 heterocycles. The molecule has 0 amide bonds. The van der Waals surface area contributed by atoms with Crippen molar-refractivity contribution in [2.45, 2.75) is 0 Å². The summed E-state index contributed by atoms with van der Waals surface area (Å²) in [6.07, 6.45) is 5.34. The Bertz CT molecular complexity index is 190. The van der Waals surface area contributed by atoms with Crippen LogP contribution in [-0.4, -0.2) is 28.8 Å². The molecule has 0 aliphatic carbocycles. The van der Waals surface area contributed by atoms with E-state index in [0.717, 1.165) is 12.4 Å². The van der Waals surface area contributed by atoms with Crippen LogP contribution in [-0.2, 0) is 0 Å². The highest BCUT2D eigenvalue weighted by Crippen LogP contribution is 1.87. The minimum Gasteiger partial charge on any atom is -0.316 e. The maximum Gasteiger partial charge on any atom is 0.147 e. The number of aromatic nitrogens is 3. The third-order valence-electron chi connectivity index (χ3n) is 1.03. The van der Waals surface area contributed by atoms with Crippen molar-refractivity contribution in [3.05, 3.63) is 18.2 Å². The number of hydrogen-bond acceptors (Lipinski definition) is 3. The molecule has 4 heteroatoms. The lowest BCUT2D eigenvalue weighted by Gasteiger charge is -1.85. The minimum absolute atomic E-state index is 0.787. The standard InChI is InChI=1S/C6H10N4/c1-7-4-2-3-6-8-5-9-10-6/h2-3,5,7H,4H2,1H3,(H,8,9,10). The molecule has 54 valence electrons. The number of nitrogens with zero attached hydrogens (tertiary/aromatic N) is 2. The summed E-state index contributed by atoms with van der Waals surface area (Å²) < 4.78 is 0. The summed E-state index contributed by atoms with van der Waals surface area (Å²) in [7, 11) is 1.89. The molecule has 0 bridgehead atoms. The van der Waals surface area contributed by atoms with Crippen LogP contribution in [0.25, 0.3) is 6.08 Å². The number of likely N-dealkylation sites (N-methyl/N-ethyl adjacent to an activating group) is 1. The molecule has 0 aromatic carbocycles. The fraction of sp³-hybridized carbons (Fsp3) is 0.333. The Balaban J connectivity index is 2.40. The summed E-state index contributed by atoms with van der Waals surface area (Å²) in [6, 6.07) is 0. The second-order valence-corrected chi connectivity index (χ2v) is 1.83. The molecule has 0 atom stereocenters. The summed E-state index contributed by atoms with van der Waals surface area (Å²) in [5, 5.41) is 9.39. The monoisotopic (exact) mass is 138 g/mol. The van der Waals surface area contributed by atoms with Gasteiger partial charge in [0.1, 0.15) is 12.2 Å². The van der Waals surface area contributed by atoms with Gasteiger partial charge in [-0.3, -0.25) is 5.10 Å². The Morgan fingerprint density at radius 3 is 3.30 bits per heavy atom. The number of nitrogens with one attached hydrogen (secondary N) is 2. The lowest BCUT2D eigenvalue weighted by atomic mass is 10.5. The van der Waals surface area contributed by atoms with Crippen LogP contribution in [0, 0.1) is 0 Å². The van der Waals surface area contributed by atoms with Gasteiger partial charge in [-0.15, -0.1) is 0 Å². The molecular weight excluding hydrogens is 128 g/mol. The number of H-pyrrole nitrogens is 1. The minimum atomic E-state index is 0.787. The molecule has 1 rings (SSSR count). The van der Waals surface area contributed by atoms with Crippen molar-refractivity contribution < 1.29 is 0 Å². The molecule has 0 spiro atoms. The van der Waals surface area contributed by atoms with E-state index in [1.54, 1.807) is 0 Å². The lowest BCUT2D eigenvalue weighted by Crippen LogP contribution is -2.03. The van der Waals surface area contributed by atoms with Gasteiger partial charge in [0.2, 0.25) is 0 Å². The van der Waals surface area contributed by atoms with E-state index in [1.165, 1.54) is 6.33 Å². The van der Waals surface area contributed by atoms with Crippen LogP contribution in [0.3, 0.4) is 0 Å². The summed E-state index contributed by atoms with van der Waals surface area (Å²) >= 11 is 0. The Kier molecular flexibility index (Phi) is 2.63. The second-order valence-electron chi connectivity index (χ2n) is 1.83. The molecule has 0 radical (unpaired) electrons. The molecule has 1 aromatic heterocycles. The molecule has 0 saturated carbocycles. The zero-order valence-corrected chi connectivity index (χ0v) is 5.83. The average Bonchev–Trinajstić information content (AvgIpc) is 2.41. The fourth-order valence-electron chi connectivity index (χ4n) is 0.584. The van der Waals surface area contributed by atoms with Crippen LogP contribution >= 0.6 is 0 Å². The summed E-state index contributed by atoms with van der Waals surface area (Å²) in [4.78, 5) is 3.91. The molecule has 0 saturated heterocycles. The van der Waals surface area contributed by atoms with Crippen LogP contribution in [0.2, 0.25) is 0 Å². The van der Waals surface area contributed by atoms with Crippen molar-refractivity contribution in [1.29, 1.82) is 0 Å². The largest absolute Gasteiger partial charge is 0.316 e. The number of aromatic amines is 1. The van der Waals surface area contributed by atoms with E-state index in [-0.39, 0.29) is 0 Å². The molecule has 4 nitrogen and oxygen atoms in total. The topological polar surface area (TPSA) is 53.6 Å². The van der Waals surface area contributed by atoms with E-state index in [4.69, 9.17) is 0 Å². The van der Waals surface area contributed by atoms with Crippen LogP contribution in [0.4, 0.5) is 0 Å². The van der Waals surface area contributed by atoms with Crippen molar-refractivity contribution in [1.82, 2.24) is 20.5 Å². The van der Waals surface area contributed by atoms with Crippen LogP contribution in [0.5, 0.6) is 0 Å². The van der Waals surface area contributed by atoms with Crippen molar-refractivity contribution in [3.63, 3.8) is 0 Å². The lowest BCUT2D eigenvalue weighted by molar-refractivity contribution is 0.921. The second kappa shape index (κ2) is 3.79. The van der Waals surface area contributed by atoms with Gasteiger partial charge in [-0.2, -0.15) is 5.10 Å². The van der Waals surface area contributed by atoms with Crippen molar-refractivity contribution in [2.24, 2.45) is 0 Å². The third-order valence-corrected chi connectivity index (χ3v) is 1.03. The Hall–Kier alpha value is -1.16. The Labute approximate surface area is 59.4 Å². The van der Waals surface area contributed by atoms with Crippen LogP contribution in [0.1, 0.15) is 5.82 Å². The van der Waals surface area contributed by atoms with Gasteiger partial charge >= 0.3 is 0 Å². The molecule has 0 fully saturated rings. The van der Waals surface area contributed by atoms with Crippen molar-refractivity contribution in [3.8, 4) is 0 Å². The molecule has 10 heavy (non-hydrogen) atoms. The summed E-state index contributed by atoms with van der Waals surface area (Å²) in [5.74, 6) is 0.787. The first-order valence-electron chi connectivity index (χ1n) is 3.10. The maximum atomic E-state index is 3.91. The molecule has 1 aromatic rings. The molecule has 0 aliphatic heterocycles. The molecule has 0 unspecified atom stereocenters. The van der Waals surface area contributed by atoms with Gasteiger partial charge in [-0.1, -0.05) is 6.08 Å². The predicted octanol–water partition coefficient (Wildman–Crippen LogP) is 0.0373. The first-order chi connectivity index (χ1) is 4.93. The molecule has 2 N–H and O–H groups in total. The molecule has 0 aliphatic rings. The highest BCUT2D eigenvalue weighted by molar-refractivity contribution is 5.38. The van der Waals surface area contributed by atoms with Crippen molar-refractivity contribution in [2.75, 3.05) is 13.6 Å². The Morgan fingerprint density at radius 2 is 2.70 bits per heavy atom. The summed E-state index contributed by atoms with van der Waals surface area (Å²) in [5.41, 5.74) is 0. The van der Waals surface area contributed by atoms with Gasteiger partial charge in [0.05, 0.1) is 0 Å². The maximum absolute atomic E-state index is 3.91. The van der Waals surface area contributed by atoms with Gasteiger partial charge in [0, 0.05) is 6.54 Å². The normalized spacial score (nSPS) is 10.9. The van der Waals surface area contributed by atoms with E-state index in [0.29, 0.717) is 0 Å². The van der Waals surface area contributed by atoms with Gasteiger partial charge in [-0.05, 0) is 13.1 Å². The van der Waals surface area contributed by atoms with Gasteiger partial charge in [0.25, 0.3) is 0 Å². The highest BCUT2D eigenvalue weighted by atomic mass is 15.2. The average molecular weight is 138 g/mol. The Morgan fingerprint density at radius 1 is 1.80 bits per heavy atom. The fourth-order valence-corrected chi connectivity index (χ4v) is 0.584. The smallest absolute Gasteiger partial charge is 0.147 e. The highest BCUT2D eigenvalue weighted by Gasteiger charge is 1.83. The van der Waals surface area contributed by atoms with Crippen LogP contribution in [0.15, 0.2) is 12.4 Å². The number of rotatable bonds is 3. The van der Waals surface area contributed by atoms with Crippen molar-refractivity contribution >= 4 is 6.08 Å². The molecular formula is C6H10N4. The van der Waals surface area contributed by atoms with Gasteiger partial charge in [-0.25, -0.2) is 4.98 Å². The van der Waals surface area contributed by atoms with E-state index < -0.39 is 0 Å². The van der Waals surface area contributed by atoms with Crippen LogP contribution < -0.4 is 5.32 Å². The first kappa shape index (κ1) is 6.95. The van der Waals surface area contributed by atoms with Gasteiger partial charge in [0.15, 0.2) is 0 Å². The van der Waals surface area contributed by atoms with E-state index >= 15 is 0 Å². The first-order valence-corrected chi connectivity index (χ1v) is 3.10. The zero-order valence-electron chi connectivity index (χ0n) is 5.83. The van der Waals surface area contributed by atoms with E-state index in [1.807, 2.05) is 19.2 Å². The summed E-state index contributed by atoms with van der Waals surface area (Å²) in [6.45, 7) is 0.848. The quantitative estimate of drug-likeness (QED) is 0.620.